The molecule has 0 unspecified atom stereocenters. The van der Waals surface area contributed by atoms with Gasteiger partial charge in [-0.15, -0.1) is 0 Å². The molecule has 0 bridgehead atoms. The number of aromatic nitrogens is 2. The number of amides is 2. The van der Waals surface area contributed by atoms with Crippen molar-refractivity contribution < 1.29 is 9.53 Å². The van der Waals surface area contributed by atoms with Gasteiger partial charge in [0.1, 0.15) is 11.4 Å². The van der Waals surface area contributed by atoms with Crippen molar-refractivity contribution in [2.24, 2.45) is 11.7 Å². The monoisotopic (exact) mass is 537 g/mol. The van der Waals surface area contributed by atoms with Crippen LogP contribution in [-0.4, -0.2) is 33.9 Å². The number of nitrogens with zero attached hydrogens (tertiary/aromatic N) is 3. The Morgan fingerprint density at radius 1 is 1.00 bits per heavy atom. The minimum absolute atomic E-state index is 0.405. The first-order valence-electron chi connectivity index (χ1n) is 14.0. The van der Waals surface area contributed by atoms with Gasteiger partial charge in [0.25, 0.3) is 0 Å². The lowest BCUT2D eigenvalue weighted by Crippen LogP contribution is -2.30. The normalized spacial score (nSPS) is 13.3. The maximum atomic E-state index is 11.4. The first kappa shape index (κ1) is 27.5. The Kier molecular flexibility index (Phi) is 7.94. The van der Waals surface area contributed by atoms with E-state index >= 15 is 0 Å². The van der Waals surface area contributed by atoms with E-state index in [1.165, 1.54) is 22.3 Å². The standard InChI is InChI=1S/C33H39N5O2/c1-21(2)20-40-30-11-7-10-24(5)31(30)38-32(25-12-14-26(15-13-25)35-33(34)39)28-19-37(17-16-29(28)36-38)18-27-22(3)8-6-9-23(27)4/h6-15,21H,16-20H2,1-5H3,(H3,34,35,39). The van der Waals surface area contributed by atoms with Crippen LogP contribution in [0.2, 0.25) is 0 Å². The molecule has 7 heteroatoms. The van der Waals surface area contributed by atoms with E-state index < -0.39 is 6.03 Å². The van der Waals surface area contributed by atoms with Crippen molar-refractivity contribution >= 4 is 11.7 Å². The Balaban J connectivity index is 1.61. The second-order valence-corrected chi connectivity index (χ2v) is 11.2. The number of hydrogen-bond donors (Lipinski definition) is 2. The number of aryl methyl sites for hydroxylation is 3. The maximum Gasteiger partial charge on any atom is 0.316 e. The molecule has 2 amide bonds. The topological polar surface area (TPSA) is 85.4 Å². The van der Waals surface area contributed by atoms with Crippen LogP contribution in [0, 0.1) is 26.7 Å². The van der Waals surface area contributed by atoms with Crippen LogP contribution < -0.4 is 15.8 Å². The number of primary amides is 1. The number of carbonyl (C=O) groups is 1. The molecule has 1 aromatic heterocycles. The lowest BCUT2D eigenvalue weighted by Gasteiger charge is -2.28. The van der Waals surface area contributed by atoms with Gasteiger partial charge in [0, 0.05) is 42.9 Å². The van der Waals surface area contributed by atoms with Crippen molar-refractivity contribution in [3.05, 3.63) is 94.2 Å². The summed E-state index contributed by atoms with van der Waals surface area (Å²) in [6, 6.07) is 19.9. The zero-order chi connectivity index (χ0) is 28.4. The number of anilines is 1. The van der Waals surface area contributed by atoms with Crippen LogP contribution >= 0.6 is 0 Å². The molecular weight excluding hydrogens is 498 g/mol. The summed E-state index contributed by atoms with van der Waals surface area (Å²) in [4.78, 5) is 13.9. The molecule has 4 aromatic rings. The highest BCUT2D eigenvalue weighted by atomic mass is 16.5. The molecule has 1 aliphatic heterocycles. The number of para-hydroxylation sites is 1. The minimum Gasteiger partial charge on any atom is -0.491 e. The van der Waals surface area contributed by atoms with Crippen molar-refractivity contribution in [2.45, 2.75) is 54.1 Å². The predicted molar refractivity (Wildman–Crippen MR) is 161 cm³/mol. The van der Waals surface area contributed by atoms with Crippen molar-refractivity contribution in [3.63, 3.8) is 0 Å². The lowest BCUT2D eigenvalue weighted by atomic mass is 9.98. The second kappa shape index (κ2) is 11.6. The van der Waals surface area contributed by atoms with Crippen LogP contribution in [-0.2, 0) is 19.5 Å². The molecule has 3 aromatic carbocycles. The van der Waals surface area contributed by atoms with Gasteiger partial charge in [-0.1, -0.05) is 56.3 Å². The number of fused-ring (bicyclic) bond motifs is 1. The Morgan fingerprint density at radius 2 is 1.68 bits per heavy atom. The molecule has 3 N–H and O–H groups in total. The molecule has 5 rings (SSSR count). The van der Waals surface area contributed by atoms with E-state index in [0.717, 1.165) is 60.0 Å². The average Bonchev–Trinajstić information content (AvgIpc) is 3.28. The number of benzene rings is 3. The number of carbonyl (C=O) groups excluding carboxylic acids is 1. The molecule has 0 saturated heterocycles. The van der Waals surface area contributed by atoms with Gasteiger partial charge in [0.2, 0.25) is 0 Å². The predicted octanol–water partition coefficient (Wildman–Crippen LogP) is 6.55. The highest BCUT2D eigenvalue weighted by molar-refractivity contribution is 5.88. The van der Waals surface area contributed by atoms with Crippen LogP contribution in [0.25, 0.3) is 16.9 Å². The molecule has 0 saturated carbocycles. The van der Waals surface area contributed by atoms with Gasteiger partial charge in [-0.3, -0.25) is 4.90 Å². The van der Waals surface area contributed by atoms with E-state index in [1.807, 2.05) is 36.4 Å². The van der Waals surface area contributed by atoms with E-state index in [4.69, 9.17) is 15.6 Å². The maximum absolute atomic E-state index is 11.4. The molecule has 0 spiro atoms. The molecule has 7 nitrogen and oxygen atoms in total. The zero-order valence-electron chi connectivity index (χ0n) is 24.1. The smallest absolute Gasteiger partial charge is 0.316 e. The van der Waals surface area contributed by atoms with Gasteiger partial charge in [-0.2, -0.15) is 5.10 Å². The molecular formula is C33H39N5O2. The number of nitrogens with two attached hydrogens (primary N) is 1. The highest BCUT2D eigenvalue weighted by Gasteiger charge is 2.28. The van der Waals surface area contributed by atoms with Crippen LogP contribution in [0.1, 0.15) is 47.4 Å². The highest BCUT2D eigenvalue weighted by Crippen LogP contribution is 2.37. The van der Waals surface area contributed by atoms with Gasteiger partial charge in [0.15, 0.2) is 0 Å². The number of ether oxygens (including phenoxy) is 1. The third-order valence-corrected chi connectivity index (χ3v) is 7.55. The zero-order valence-corrected chi connectivity index (χ0v) is 24.1. The Labute approximate surface area is 237 Å². The number of rotatable bonds is 8. The fourth-order valence-corrected chi connectivity index (χ4v) is 5.47. The van der Waals surface area contributed by atoms with Crippen molar-refractivity contribution in [2.75, 3.05) is 18.5 Å². The molecule has 0 radical (unpaired) electrons. The third-order valence-electron chi connectivity index (χ3n) is 7.55. The summed E-state index contributed by atoms with van der Waals surface area (Å²) in [5.74, 6) is 1.23. The number of hydrogen-bond acceptors (Lipinski definition) is 4. The minimum atomic E-state index is -0.579. The molecule has 40 heavy (non-hydrogen) atoms. The van der Waals surface area contributed by atoms with E-state index in [-0.39, 0.29) is 0 Å². The molecule has 0 fully saturated rings. The van der Waals surface area contributed by atoms with E-state index in [0.29, 0.717) is 18.2 Å². The van der Waals surface area contributed by atoms with Gasteiger partial charge in [-0.05, 0) is 67.1 Å². The van der Waals surface area contributed by atoms with Crippen LogP contribution in [0.15, 0.2) is 60.7 Å². The summed E-state index contributed by atoms with van der Waals surface area (Å²) >= 11 is 0. The quantitative estimate of drug-likeness (QED) is 0.267. The van der Waals surface area contributed by atoms with Gasteiger partial charge < -0.3 is 15.8 Å². The first-order chi connectivity index (χ1) is 19.2. The fraction of sp³-hybridized carbons (Fsp3) is 0.333. The summed E-state index contributed by atoms with van der Waals surface area (Å²) in [5.41, 5.74) is 16.5. The van der Waals surface area contributed by atoms with Gasteiger partial charge in [0.05, 0.1) is 18.0 Å². The summed E-state index contributed by atoms with van der Waals surface area (Å²) in [6.07, 6.45) is 0.871. The molecule has 0 aliphatic carbocycles. The SMILES string of the molecule is Cc1cccc(C)c1CN1CCc2nn(-c3c(C)cccc3OCC(C)C)c(-c3ccc(NC(N)=O)cc3)c2C1. The second-order valence-electron chi connectivity index (χ2n) is 11.2. The van der Waals surface area contributed by atoms with E-state index in [9.17, 15) is 4.79 Å². The lowest BCUT2D eigenvalue weighted by molar-refractivity contribution is 0.244. The third kappa shape index (κ3) is 5.75. The summed E-state index contributed by atoms with van der Waals surface area (Å²) in [7, 11) is 0. The van der Waals surface area contributed by atoms with Crippen LogP contribution in [0.3, 0.4) is 0 Å². The van der Waals surface area contributed by atoms with Crippen molar-refractivity contribution in [1.29, 1.82) is 0 Å². The summed E-state index contributed by atoms with van der Waals surface area (Å²) in [6.45, 7) is 14.1. The Hall–Kier alpha value is -4.10. The molecule has 0 atom stereocenters. The van der Waals surface area contributed by atoms with Crippen molar-refractivity contribution in [1.82, 2.24) is 14.7 Å². The fourth-order valence-electron chi connectivity index (χ4n) is 5.47. The van der Waals surface area contributed by atoms with Gasteiger partial charge >= 0.3 is 6.03 Å². The first-order valence-corrected chi connectivity index (χ1v) is 14.0. The van der Waals surface area contributed by atoms with Crippen molar-refractivity contribution in [3.8, 4) is 22.7 Å². The van der Waals surface area contributed by atoms with E-state index in [2.05, 4.69) is 73.8 Å². The largest absolute Gasteiger partial charge is 0.491 e. The Morgan fingerprint density at radius 3 is 2.35 bits per heavy atom. The van der Waals surface area contributed by atoms with Gasteiger partial charge in [-0.25, -0.2) is 9.48 Å². The summed E-state index contributed by atoms with van der Waals surface area (Å²) < 4.78 is 8.39. The number of urea groups is 1. The average molecular weight is 538 g/mol. The number of nitrogens with one attached hydrogen (secondary N) is 1. The Bertz CT molecular complexity index is 1500. The van der Waals surface area contributed by atoms with Crippen LogP contribution in [0.4, 0.5) is 10.5 Å². The molecule has 2 heterocycles. The van der Waals surface area contributed by atoms with E-state index in [1.54, 1.807) is 0 Å². The summed E-state index contributed by atoms with van der Waals surface area (Å²) in [5, 5.41) is 7.88. The van der Waals surface area contributed by atoms with Crippen LogP contribution in [0.5, 0.6) is 5.75 Å². The molecule has 1 aliphatic rings. The molecule has 208 valence electrons.